The third kappa shape index (κ3) is 4.75. The summed E-state index contributed by atoms with van der Waals surface area (Å²) in [5.41, 5.74) is 2.10. The van der Waals surface area contributed by atoms with Gasteiger partial charge in [-0.15, -0.1) is 34.2 Å². The highest BCUT2D eigenvalue weighted by Gasteiger charge is 2.23. The summed E-state index contributed by atoms with van der Waals surface area (Å²) in [6.07, 6.45) is 3.04. The van der Waals surface area contributed by atoms with Crippen molar-refractivity contribution in [2.45, 2.75) is 19.0 Å². The van der Waals surface area contributed by atoms with Gasteiger partial charge in [-0.2, -0.15) is 0 Å². The molecule has 1 saturated heterocycles. The van der Waals surface area contributed by atoms with Gasteiger partial charge in [0.2, 0.25) is 0 Å². The molecule has 1 atom stereocenters. The summed E-state index contributed by atoms with van der Waals surface area (Å²) in [6.45, 7) is 2.55. The number of nitrogens with one attached hydrogen (secondary N) is 2. The van der Waals surface area contributed by atoms with E-state index >= 15 is 0 Å². The molecule has 0 spiro atoms. The van der Waals surface area contributed by atoms with Crippen LogP contribution in [-0.2, 0) is 6.54 Å². The van der Waals surface area contributed by atoms with E-state index in [4.69, 9.17) is 0 Å². The fourth-order valence-electron chi connectivity index (χ4n) is 3.33. The van der Waals surface area contributed by atoms with Crippen molar-refractivity contribution in [1.82, 2.24) is 25.2 Å². The zero-order chi connectivity index (χ0) is 18.6. The second-order valence-corrected chi connectivity index (χ2v) is 7.44. The van der Waals surface area contributed by atoms with Crippen LogP contribution in [0.15, 0.2) is 58.1 Å². The fraction of sp³-hybridized carbons (Fsp3) is 0.316. The molecule has 2 N–H and O–H groups in total. The number of nitrogens with zero attached hydrogens (tertiary/aromatic N) is 5. The molecule has 0 radical (unpaired) electrons. The molecule has 28 heavy (non-hydrogen) atoms. The number of aromatic nitrogens is 3. The zero-order valence-corrected chi connectivity index (χ0v) is 19.5. The van der Waals surface area contributed by atoms with Crippen molar-refractivity contribution >= 4 is 57.2 Å². The molecule has 3 aromatic rings. The molecule has 0 amide bonds. The van der Waals surface area contributed by atoms with Gasteiger partial charge >= 0.3 is 0 Å². The molecule has 0 bridgehead atoms. The van der Waals surface area contributed by atoms with Gasteiger partial charge < -0.3 is 15.5 Å². The number of benzene rings is 1. The van der Waals surface area contributed by atoms with Crippen LogP contribution in [0.5, 0.6) is 0 Å². The molecule has 1 fully saturated rings. The van der Waals surface area contributed by atoms with Crippen LogP contribution in [0.4, 0.5) is 5.69 Å². The monoisotopic (exact) mass is 555 g/mol. The molecule has 0 saturated carbocycles. The maximum absolute atomic E-state index is 4.35. The molecule has 1 aromatic carbocycles. The van der Waals surface area contributed by atoms with Gasteiger partial charge in [0, 0.05) is 42.5 Å². The number of hydrogen-bond acceptors (Lipinski definition) is 4. The van der Waals surface area contributed by atoms with Crippen molar-refractivity contribution in [2.24, 2.45) is 4.99 Å². The average molecular weight is 556 g/mol. The summed E-state index contributed by atoms with van der Waals surface area (Å²) in [4.78, 5) is 6.74. The number of hydrogen-bond donors (Lipinski definition) is 2. The van der Waals surface area contributed by atoms with E-state index in [1.54, 1.807) is 7.05 Å². The number of halogens is 2. The predicted octanol–water partition coefficient (Wildman–Crippen LogP) is 3.05. The van der Waals surface area contributed by atoms with Crippen molar-refractivity contribution in [3.05, 3.63) is 59.0 Å². The number of fused-ring (bicyclic) bond motifs is 1. The lowest BCUT2D eigenvalue weighted by molar-refractivity contribution is 0.644. The third-order valence-corrected chi connectivity index (χ3v) is 5.27. The van der Waals surface area contributed by atoms with Crippen molar-refractivity contribution in [2.75, 3.05) is 25.0 Å². The van der Waals surface area contributed by atoms with Gasteiger partial charge in [0.1, 0.15) is 0 Å². The standard InChI is InChI=1S/C19H22BrN7.HI/c1-21-19(22-12-18-25-24-17-4-2-3-10-27(17)18)23-15-9-11-26(13-15)16-7-5-14(20)6-8-16;/h2-8,10,15H,9,11-13H2,1H3,(H2,21,22,23);1H. The van der Waals surface area contributed by atoms with E-state index in [9.17, 15) is 0 Å². The van der Waals surface area contributed by atoms with E-state index in [1.165, 1.54) is 5.69 Å². The first-order chi connectivity index (χ1) is 13.2. The number of rotatable bonds is 4. The first kappa shape index (κ1) is 20.8. The molecule has 2 aromatic heterocycles. The van der Waals surface area contributed by atoms with Crippen LogP contribution in [0.1, 0.15) is 12.2 Å². The van der Waals surface area contributed by atoms with Gasteiger partial charge in [-0.25, -0.2) is 0 Å². The Morgan fingerprint density at radius 1 is 1.21 bits per heavy atom. The molecule has 0 aliphatic carbocycles. The van der Waals surface area contributed by atoms with Crippen LogP contribution in [0.3, 0.4) is 0 Å². The normalized spacial score (nSPS) is 16.9. The summed E-state index contributed by atoms with van der Waals surface area (Å²) in [7, 11) is 1.79. The molecule has 7 nitrogen and oxygen atoms in total. The van der Waals surface area contributed by atoms with E-state index in [-0.39, 0.29) is 24.0 Å². The van der Waals surface area contributed by atoms with Gasteiger partial charge in [0.15, 0.2) is 17.4 Å². The lowest BCUT2D eigenvalue weighted by atomic mass is 10.3. The summed E-state index contributed by atoms with van der Waals surface area (Å²) in [6, 6.07) is 14.7. The quantitative estimate of drug-likeness (QED) is 0.294. The third-order valence-electron chi connectivity index (χ3n) is 4.74. The largest absolute Gasteiger partial charge is 0.369 e. The van der Waals surface area contributed by atoms with Crippen molar-refractivity contribution < 1.29 is 0 Å². The van der Waals surface area contributed by atoms with E-state index in [1.807, 2.05) is 28.8 Å². The van der Waals surface area contributed by atoms with Crippen LogP contribution in [0.25, 0.3) is 5.65 Å². The van der Waals surface area contributed by atoms with Gasteiger partial charge in [-0.3, -0.25) is 9.39 Å². The summed E-state index contributed by atoms with van der Waals surface area (Å²) >= 11 is 3.49. The fourth-order valence-corrected chi connectivity index (χ4v) is 3.59. The Morgan fingerprint density at radius 3 is 2.82 bits per heavy atom. The van der Waals surface area contributed by atoms with Crippen molar-refractivity contribution in [1.29, 1.82) is 0 Å². The molecule has 3 heterocycles. The Kier molecular flexibility index (Phi) is 7.11. The molecule has 9 heteroatoms. The number of anilines is 1. The van der Waals surface area contributed by atoms with Crippen molar-refractivity contribution in [3.8, 4) is 0 Å². The minimum atomic E-state index is 0. The van der Waals surface area contributed by atoms with Crippen LogP contribution in [0, 0.1) is 0 Å². The molecule has 148 valence electrons. The minimum Gasteiger partial charge on any atom is -0.369 e. The highest BCUT2D eigenvalue weighted by molar-refractivity contribution is 14.0. The van der Waals surface area contributed by atoms with Gasteiger partial charge in [0.05, 0.1) is 6.54 Å². The van der Waals surface area contributed by atoms with E-state index in [2.05, 4.69) is 70.9 Å². The van der Waals surface area contributed by atoms with Gasteiger partial charge in [-0.05, 0) is 42.8 Å². The van der Waals surface area contributed by atoms with Gasteiger partial charge in [-0.1, -0.05) is 22.0 Å². The average Bonchev–Trinajstić information content (AvgIpc) is 3.33. The van der Waals surface area contributed by atoms with E-state index in [0.717, 1.165) is 41.4 Å². The zero-order valence-electron chi connectivity index (χ0n) is 15.5. The number of pyridine rings is 1. The Hall–Kier alpha value is -1.88. The summed E-state index contributed by atoms with van der Waals surface area (Å²) in [5, 5.41) is 15.3. The first-order valence-corrected chi connectivity index (χ1v) is 9.78. The lowest BCUT2D eigenvalue weighted by Gasteiger charge is -2.20. The number of aliphatic imine (C=N–C) groups is 1. The van der Waals surface area contributed by atoms with Crippen LogP contribution < -0.4 is 15.5 Å². The highest BCUT2D eigenvalue weighted by atomic mass is 127. The molecule has 1 aliphatic heterocycles. The summed E-state index contributed by atoms with van der Waals surface area (Å²) in [5.74, 6) is 1.64. The highest BCUT2D eigenvalue weighted by Crippen LogP contribution is 2.22. The Labute approximate surface area is 189 Å². The topological polar surface area (TPSA) is 69.8 Å². The SMILES string of the molecule is CN=C(NCc1nnc2ccccn12)NC1CCN(c2ccc(Br)cc2)C1.I. The Morgan fingerprint density at radius 2 is 2.04 bits per heavy atom. The second kappa shape index (κ2) is 9.55. The minimum absolute atomic E-state index is 0. The molecular formula is C19H23BrIN7. The van der Waals surface area contributed by atoms with Gasteiger partial charge in [0.25, 0.3) is 0 Å². The summed E-state index contributed by atoms with van der Waals surface area (Å²) < 4.78 is 3.08. The van der Waals surface area contributed by atoms with E-state index in [0.29, 0.717) is 12.6 Å². The smallest absolute Gasteiger partial charge is 0.191 e. The lowest BCUT2D eigenvalue weighted by Crippen LogP contribution is -2.44. The predicted molar refractivity (Wildman–Crippen MR) is 126 cm³/mol. The Balaban J connectivity index is 0.00000225. The molecule has 1 unspecified atom stereocenters. The van der Waals surface area contributed by atoms with E-state index < -0.39 is 0 Å². The van der Waals surface area contributed by atoms with Crippen LogP contribution in [0.2, 0.25) is 0 Å². The maximum atomic E-state index is 4.35. The second-order valence-electron chi connectivity index (χ2n) is 6.52. The number of guanidine groups is 1. The first-order valence-electron chi connectivity index (χ1n) is 8.99. The Bertz CT molecular complexity index is 941. The van der Waals surface area contributed by atoms with Crippen molar-refractivity contribution in [3.63, 3.8) is 0 Å². The maximum Gasteiger partial charge on any atom is 0.191 e. The molecule has 1 aliphatic rings. The van der Waals surface area contributed by atoms with Crippen LogP contribution in [-0.4, -0.2) is 46.7 Å². The molecule has 4 rings (SSSR count). The molecular weight excluding hydrogens is 533 g/mol. The van der Waals surface area contributed by atoms with Crippen LogP contribution >= 0.6 is 39.9 Å².